The van der Waals surface area contributed by atoms with E-state index in [9.17, 15) is 4.79 Å². The number of fused-ring (bicyclic) bond motifs is 1. The van der Waals surface area contributed by atoms with Gasteiger partial charge in [-0.25, -0.2) is 4.98 Å². The third-order valence-electron chi connectivity index (χ3n) is 4.45. The van der Waals surface area contributed by atoms with Crippen molar-refractivity contribution in [3.63, 3.8) is 0 Å². The number of methoxy groups -OCH3 is 1. The topological polar surface area (TPSA) is 90.1 Å². The van der Waals surface area contributed by atoms with Crippen molar-refractivity contribution in [3.8, 4) is 22.7 Å². The van der Waals surface area contributed by atoms with Gasteiger partial charge in [-0.2, -0.15) is 0 Å². The number of rotatable bonds is 8. The minimum absolute atomic E-state index is 0.124. The van der Waals surface area contributed by atoms with Crippen molar-refractivity contribution in [1.29, 1.82) is 0 Å². The molecule has 0 unspecified atom stereocenters. The highest BCUT2D eigenvalue weighted by Gasteiger charge is 2.16. The summed E-state index contributed by atoms with van der Waals surface area (Å²) in [6.07, 6.45) is 0. The van der Waals surface area contributed by atoms with Gasteiger partial charge >= 0.3 is 0 Å². The van der Waals surface area contributed by atoms with Crippen LogP contribution in [0.25, 0.3) is 33.6 Å². The molecule has 0 saturated heterocycles. The number of nitrogens with zero attached hydrogens (tertiary/aromatic N) is 3. The van der Waals surface area contributed by atoms with Crippen molar-refractivity contribution in [1.82, 2.24) is 20.5 Å². The van der Waals surface area contributed by atoms with E-state index in [-0.39, 0.29) is 11.7 Å². The van der Waals surface area contributed by atoms with Gasteiger partial charge in [0.1, 0.15) is 0 Å². The average Bonchev–Trinajstić information content (AvgIpc) is 3.26. The summed E-state index contributed by atoms with van der Waals surface area (Å²) in [4.78, 5) is 16.6. The Labute approximate surface area is 188 Å². The van der Waals surface area contributed by atoms with Crippen molar-refractivity contribution >= 4 is 40.2 Å². The van der Waals surface area contributed by atoms with Crippen LogP contribution >= 0.6 is 23.4 Å². The number of aromatic nitrogens is 3. The zero-order valence-electron chi connectivity index (χ0n) is 16.7. The summed E-state index contributed by atoms with van der Waals surface area (Å²) >= 11 is 7.21. The van der Waals surface area contributed by atoms with Gasteiger partial charge in [-0.15, -0.1) is 10.2 Å². The maximum absolute atomic E-state index is 11.9. The van der Waals surface area contributed by atoms with Gasteiger partial charge in [-0.3, -0.25) is 4.79 Å². The Bertz CT molecular complexity index is 1200. The maximum atomic E-state index is 11.9. The van der Waals surface area contributed by atoms with E-state index in [1.165, 1.54) is 11.8 Å². The SMILES string of the molecule is COCCNC(=O)CSc1nnc(-c2cc(-c3ccc(Cl)cc3)nc3ccccc23)o1. The fraction of sp³-hybridized carbons (Fsp3) is 0.182. The minimum Gasteiger partial charge on any atom is -0.411 e. The Morgan fingerprint density at radius 1 is 1.16 bits per heavy atom. The van der Waals surface area contributed by atoms with Gasteiger partial charge in [-0.05, 0) is 24.3 Å². The van der Waals surface area contributed by atoms with Crippen molar-refractivity contribution < 1.29 is 13.9 Å². The summed E-state index contributed by atoms with van der Waals surface area (Å²) in [5.74, 6) is 0.427. The second-order valence-corrected chi connectivity index (χ2v) is 7.95. The van der Waals surface area contributed by atoms with E-state index in [4.69, 9.17) is 25.7 Å². The molecule has 0 radical (unpaired) electrons. The van der Waals surface area contributed by atoms with E-state index in [0.29, 0.717) is 29.3 Å². The van der Waals surface area contributed by atoms with Crippen LogP contribution in [-0.2, 0) is 9.53 Å². The highest BCUT2D eigenvalue weighted by Crippen LogP contribution is 2.32. The number of halogens is 1. The lowest BCUT2D eigenvalue weighted by Gasteiger charge is -2.07. The molecule has 4 aromatic rings. The maximum Gasteiger partial charge on any atom is 0.277 e. The number of amides is 1. The number of ether oxygens (including phenoxy) is 1. The van der Waals surface area contributed by atoms with E-state index in [0.717, 1.165) is 27.7 Å². The molecule has 2 aromatic heterocycles. The molecule has 158 valence electrons. The van der Waals surface area contributed by atoms with Crippen LogP contribution in [0.5, 0.6) is 0 Å². The lowest BCUT2D eigenvalue weighted by atomic mass is 10.0. The van der Waals surface area contributed by atoms with Crippen molar-refractivity contribution in [3.05, 3.63) is 59.6 Å². The number of nitrogens with one attached hydrogen (secondary N) is 1. The van der Waals surface area contributed by atoms with Gasteiger partial charge in [0.2, 0.25) is 11.8 Å². The van der Waals surface area contributed by atoms with Crippen molar-refractivity contribution in [2.75, 3.05) is 26.0 Å². The molecule has 0 aliphatic heterocycles. The average molecular weight is 455 g/mol. The third-order valence-corrected chi connectivity index (χ3v) is 5.52. The highest BCUT2D eigenvalue weighted by molar-refractivity contribution is 7.99. The number of para-hydroxylation sites is 1. The third kappa shape index (κ3) is 5.22. The van der Waals surface area contributed by atoms with Gasteiger partial charge in [0.15, 0.2) is 0 Å². The molecule has 1 amide bonds. The molecule has 1 N–H and O–H groups in total. The first-order valence-electron chi connectivity index (χ1n) is 9.52. The summed E-state index contributed by atoms with van der Waals surface area (Å²) in [6.45, 7) is 0.924. The number of thioether (sulfide) groups is 1. The largest absolute Gasteiger partial charge is 0.411 e. The van der Waals surface area contributed by atoms with Crippen molar-refractivity contribution in [2.24, 2.45) is 0 Å². The van der Waals surface area contributed by atoms with Crippen LogP contribution in [-0.4, -0.2) is 47.1 Å². The first-order chi connectivity index (χ1) is 15.1. The highest BCUT2D eigenvalue weighted by atomic mass is 35.5. The van der Waals surface area contributed by atoms with E-state index in [1.54, 1.807) is 7.11 Å². The second-order valence-electron chi connectivity index (χ2n) is 6.58. The van der Waals surface area contributed by atoms with Gasteiger partial charge < -0.3 is 14.5 Å². The Kier molecular flexibility index (Phi) is 6.81. The second kappa shape index (κ2) is 9.91. The van der Waals surface area contributed by atoms with Crippen LogP contribution in [0.15, 0.2) is 64.2 Å². The van der Waals surface area contributed by atoms with E-state index >= 15 is 0 Å². The molecule has 2 aromatic carbocycles. The van der Waals surface area contributed by atoms with Crippen molar-refractivity contribution in [2.45, 2.75) is 5.22 Å². The van der Waals surface area contributed by atoms with Gasteiger partial charge in [-0.1, -0.05) is 53.7 Å². The Hall–Kier alpha value is -2.94. The summed E-state index contributed by atoms with van der Waals surface area (Å²) in [7, 11) is 1.59. The number of hydrogen-bond donors (Lipinski definition) is 1. The Balaban J connectivity index is 1.60. The number of benzene rings is 2. The molecule has 2 heterocycles. The monoisotopic (exact) mass is 454 g/mol. The Morgan fingerprint density at radius 2 is 1.97 bits per heavy atom. The smallest absolute Gasteiger partial charge is 0.277 e. The predicted molar refractivity (Wildman–Crippen MR) is 121 cm³/mol. The van der Waals surface area contributed by atoms with E-state index < -0.39 is 0 Å². The van der Waals surface area contributed by atoms with Crippen LogP contribution in [0, 0.1) is 0 Å². The molecule has 31 heavy (non-hydrogen) atoms. The Morgan fingerprint density at radius 3 is 2.77 bits per heavy atom. The van der Waals surface area contributed by atoms with E-state index in [1.807, 2.05) is 54.6 Å². The summed E-state index contributed by atoms with van der Waals surface area (Å²) in [5.41, 5.74) is 3.29. The first kappa shape index (κ1) is 21.3. The molecular weight excluding hydrogens is 436 g/mol. The zero-order chi connectivity index (χ0) is 21.6. The number of carbonyl (C=O) groups excluding carboxylic acids is 1. The van der Waals surface area contributed by atoms with Crippen LogP contribution in [0.3, 0.4) is 0 Å². The molecule has 0 bridgehead atoms. The molecule has 9 heteroatoms. The van der Waals surface area contributed by atoms with E-state index in [2.05, 4.69) is 15.5 Å². The molecule has 4 rings (SSSR count). The summed E-state index contributed by atoms with van der Waals surface area (Å²) < 4.78 is 10.8. The molecule has 0 fully saturated rings. The minimum atomic E-state index is -0.124. The molecule has 0 aliphatic rings. The van der Waals surface area contributed by atoms with Gasteiger partial charge in [0, 0.05) is 29.6 Å². The number of pyridine rings is 1. The molecule has 7 nitrogen and oxygen atoms in total. The fourth-order valence-electron chi connectivity index (χ4n) is 2.97. The fourth-order valence-corrected chi connectivity index (χ4v) is 3.69. The van der Waals surface area contributed by atoms with Gasteiger partial charge in [0.05, 0.1) is 29.1 Å². The number of hydrogen-bond acceptors (Lipinski definition) is 7. The predicted octanol–water partition coefficient (Wildman–Crippen LogP) is 4.46. The lowest BCUT2D eigenvalue weighted by molar-refractivity contribution is -0.118. The zero-order valence-corrected chi connectivity index (χ0v) is 18.2. The van der Waals surface area contributed by atoms with Crippen LogP contribution in [0.2, 0.25) is 5.02 Å². The summed E-state index contributed by atoms with van der Waals surface area (Å²) in [5, 5.41) is 12.9. The molecule has 0 atom stereocenters. The standard InChI is InChI=1S/C22H19ClN4O3S/c1-29-11-10-24-20(28)13-31-22-27-26-21(30-22)17-12-19(14-6-8-15(23)9-7-14)25-18-5-3-2-4-16(17)18/h2-9,12H,10-11,13H2,1H3,(H,24,28). The van der Waals surface area contributed by atoms with Crippen LogP contribution in [0.4, 0.5) is 0 Å². The summed E-state index contributed by atoms with van der Waals surface area (Å²) in [6, 6.07) is 17.2. The number of carbonyl (C=O) groups is 1. The first-order valence-corrected chi connectivity index (χ1v) is 10.9. The van der Waals surface area contributed by atoms with Crippen LogP contribution < -0.4 is 5.32 Å². The quantitative estimate of drug-likeness (QED) is 0.310. The lowest BCUT2D eigenvalue weighted by Crippen LogP contribution is -2.28. The van der Waals surface area contributed by atoms with Crippen LogP contribution in [0.1, 0.15) is 0 Å². The molecule has 0 spiro atoms. The molecule has 0 aliphatic carbocycles. The molecule has 0 saturated carbocycles. The normalized spacial score (nSPS) is 11.0. The van der Waals surface area contributed by atoms with Gasteiger partial charge in [0.25, 0.3) is 5.22 Å². The molecular formula is C22H19ClN4O3S.